The van der Waals surface area contributed by atoms with Crippen molar-refractivity contribution < 1.29 is 4.57 Å². The van der Waals surface area contributed by atoms with Crippen molar-refractivity contribution in [2.75, 3.05) is 0 Å². The Balaban J connectivity index is 1.98. The molecule has 2 heteroatoms. The van der Waals surface area contributed by atoms with Gasteiger partial charge in [-0.15, -0.1) is 11.3 Å². The van der Waals surface area contributed by atoms with Gasteiger partial charge in [0, 0.05) is 40.8 Å². The van der Waals surface area contributed by atoms with Gasteiger partial charge in [0.05, 0.1) is 5.56 Å². The van der Waals surface area contributed by atoms with E-state index in [-0.39, 0.29) is 5.54 Å². The van der Waals surface area contributed by atoms with Gasteiger partial charge in [-0.2, -0.15) is 4.57 Å². The number of pyridine rings is 1. The topological polar surface area (TPSA) is 3.88 Å². The van der Waals surface area contributed by atoms with Crippen molar-refractivity contribution >= 4 is 31.5 Å². The van der Waals surface area contributed by atoms with Crippen molar-refractivity contribution in [3.8, 4) is 11.3 Å². The summed E-state index contributed by atoms with van der Waals surface area (Å²) in [6, 6.07) is 16.0. The summed E-state index contributed by atoms with van der Waals surface area (Å²) < 4.78 is 5.44. The predicted octanol–water partition coefficient (Wildman–Crippen LogP) is 6.70. The Kier molecular flexibility index (Phi) is 3.70. The zero-order valence-corrected chi connectivity index (χ0v) is 17.4. The fourth-order valence-electron chi connectivity index (χ4n) is 5.09. The second-order valence-electron chi connectivity index (χ2n) is 8.09. The van der Waals surface area contributed by atoms with Crippen molar-refractivity contribution in [3.05, 3.63) is 65.4 Å². The van der Waals surface area contributed by atoms with Crippen molar-refractivity contribution in [2.24, 2.45) is 0 Å². The molecule has 2 aromatic heterocycles. The lowest BCUT2D eigenvalue weighted by Crippen LogP contribution is -2.60. The molecule has 0 N–H and O–H groups in total. The molecule has 4 aromatic rings. The molecule has 0 amide bonds. The molecule has 1 aliphatic heterocycles. The van der Waals surface area contributed by atoms with E-state index in [4.69, 9.17) is 0 Å². The fourth-order valence-corrected chi connectivity index (χ4v) is 6.33. The highest BCUT2D eigenvalue weighted by Crippen LogP contribution is 2.44. The van der Waals surface area contributed by atoms with Gasteiger partial charge in [0.1, 0.15) is 4.70 Å². The van der Waals surface area contributed by atoms with E-state index < -0.39 is 0 Å². The van der Waals surface area contributed by atoms with Crippen LogP contribution in [-0.4, -0.2) is 0 Å². The molecule has 0 saturated carbocycles. The van der Waals surface area contributed by atoms with Crippen LogP contribution in [0.25, 0.3) is 31.4 Å². The minimum Gasteiger partial charge on any atom is -0.191 e. The molecule has 27 heavy (non-hydrogen) atoms. The summed E-state index contributed by atoms with van der Waals surface area (Å²) in [7, 11) is 0. The van der Waals surface area contributed by atoms with E-state index >= 15 is 0 Å². The number of benzene rings is 2. The molecule has 0 radical (unpaired) electrons. The van der Waals surface area contributed by atoms with Crippen molar-refractivity contribution in [2.45, 2.75) is 52.5 Å². The second kappa shape index (κ2) is 5.90. The molecule has 0 unspecified atom stereocenters. The van der Waals surface area contributed by atoms with E-state index in [1.54, 1.807) is 5.56 Å². The van der Waals surface area contributed by atoms with Crippen LogP contribution in [0.5, 0.6) is 0 Å². The molecule has 0 saturated heterocycles. The van der Waals surface area contributed by atoms with Crippen LogP contribution in [0.4, 0.5) is 0 Å². The largest absolute Gasteiger partial charge is 0.231 e. The van der Waals surface area contributed by atoms with Crippen LogP contribution < -0.4 is 4.57 Å². The van der Waals surface area contributed by atoms with Gasteiger partial charge >= 0.3 is 0 Å². The highest BCUT2D eigenvalue weighted by Gasteiger charge is 2.45. The van der Waals surface area contributed by atoms with Gasteiger partial charge in [0.25, 0.3) is 0 Å². The first-order chi connectivity index (χ1) is 13.1. The maximum Gasteiger partial charge on any atom is 0.231 e. The smallest absolute Gasteiger partial charge is 0.191 e. The lowest BCUT2D eigenvalue weighted by Gasteiger charge is -2.34. The molecule has 2 aromatic carbocycles. The number of hydrogen-bond donors (Lipinski definition) is 0. The number of fused-ring (bicyclic) bond motifs is 7. The molecule has 1 aliphatic rings. The predicted molar refractivity (Wildman–Crippen MR) is 117 cm³/mol. The summed E-state index contributed by atoms with van der Waals surface area (Å²) in [5.41, 5.74) is 7.41. The first-order valence-corrected chi connectivity index (χ1v) is 10.9. The minimum absolute atomic E-state index is 0.173. The van der Waals surface area contributed by atoms with Gasteiger partial charge in [-0.05, 0) is 37.1 Å². The van der Waals surface area contributed by atoms with Crippen LogP contribution in [0, 0.1) is 13.8 Å². The zero-order chi connectivity index (χ0) is 18.8. The van der Waals surface area contributed by atoms with Gasteiger partial charge in [-0.3, -0.25) is 0 Å². The summed E-state index contributed by atoms with van der Waals surface area (Å²) in [6.07, 6.45) is 5.81. The Morgan fingerprint density at radius 2 is 1.78 bits per heavy atom. The van der Waals surface area contributed by atoms with Gasteiger partial charge in [-0.25, -0.2) is 0 Å². The molecule has 3 heterocycles. The quantitative estimate of drug-likeness (QED) is 0.345. The first kappa shape index (κ1) is 16.9. The summed E-state index contributed by atoms with van der Waals surface area (Å²) in [6.45, 7) is 9.22. The van der Waals surface area contributed by atoms with Crippen LogP contribution in [-0.2, 0) is 12.0 Å². The standard InChI is InChI=1S/C25H26NS/c1-5-25(6-2)15-21-17(4)13-16(3)14-20(21)23-24-19(11-12-26(23)25)18-9-7-8-10-22(18)27-24/h7-14H,5-6,15H2,1-4H3/q+1. The first-order valence-electron chi connectivity index (χ1n) is 10.0. The second-order valence-corrected chi connectivity index (χ2v) is 9.14. The molecule has 0 spiro atoms. The lowest BCUT2D eigenvalue weighted by molar-refractivity contribution is -0.757. The molecule has 0 atom stereocenters. The average Bonchev–Trinajstić information content (AvgIpc) is 3.06. The van der Waals surface area contributed by atoms with Gasteiger partial charge in [-0.1, -0.05) is 43.7 Å². The van der Waals surface area contributed by atoms with E-state index in [9.17, 15) is 0 Å². The van der Waals surface area contributed by atoms with E-state index in [1.807, 2.05) is 11.3 Å². The number of aryl methyl sites for hydroxylation is 2. The number of aromatic nitrogens is 1. The maximum absolute atomic E-state index is 2.62. The fraction of sp³-hybridized carbons (Fsp3) is 0.320. The monoisotopic (exact) mass is 372 g/mol. The third kappa shape index (κ3) is 2.26. The number of nitrogens with zero attached hydrogens (tertiary/aromatic N) is 1. The molecule has 0 fully saturated rings. The van der Waals surface area contributed by atoms with E-state index in [0.717, 1.165) is 19.3 Å². The van der Waals surface area contributed by atoms with Gasteiger partial charge < -0.3 is 0 Å². The lowest BCUT2D eigenvalue weighted by atomic mass is 9.77. The van der Waals surface area contributed by atoms with Crippen molar-refractivity contribution in [3.63, 3.8) is 0 Å². The molecule has 1 nitrogen and oxygen atoms in total. The Hall–Kier alpha value is -2.19. The molecular weight excluding hydrogens is 346 g/mol. The van der Waals surface area contributed by atoms with Crippen LogP contribution in [0.15, 0.2) is 48.7 Å². The molecule has 0 bridgehead atoms. The van der Waals surface area contributed by atoms with E-state index in [1.165, 1.54) is 42.6 Å². The molecule has 5 rings (SSSR count). The zero-order valence-electron chi connectivity index (χ0n) is 16.6. The third-order valence-electron chi connectivity index (χ3n) is 6.69. The van der Waals surface area contributed by atoms with Crippen molar-refractivity contribution in [1.29, 1.82) is 0 Å². The summed E-state index contributed by atoms with van der Waals surface area (Å²) in [5, 5.41) is 2.78. The van der Waals surface area contributed by atoms with Gasteiger partial charge in [0.15, 0.2) is 11.7 Å². The minimum atomic E-state index is 0.173. The number of hydrogen-bond acceptors (Lipinski definition) is 1. The number of thiophene rings is 1. The maximum atomic E-state index is 2.62. The normalized spacial score (nSPS) is 15.1. The Labute approximate surface area is 165 Å². The van der Waals surface area contributed by atoms with Crippen LogP contribution >= 0.6 is 11.3 Å². The Morgan fingerprint density at radius 3 is 2.56 bits per heavy atom. The summed E-state index contributed by atoms with van der Waals surface area (Å²) >= 11 is 1.95. The van der Waals surface area contributed by atoms with Crippen LogP contribution in [0.3, 0.4) is 0 Å². The Morgan fingerprint density at radius 1 is 1.00 bits per heavy atom. The Bertz CT molecular complexity index is 1190. The highest BCUT2D eigenvalue weighted by atomic mass is 32.1. The third-order valence-corrected chi connectivity index (χ3v) is 7.88. The van der Waals surface area contributed by atoms with Crippen LogP contribution in [0.1, 0.15) is 43.4 Å². The highest BCUT2D eigenvalue weighted by molar-refractivity contribution is 7.26. The van der Waals surface area contributed by atoms with E-state index in [0.29, 0.717) is 0 Å². The summed E-state index contributed by atoms with van der Waals surface area (Å²) in [4.78, 5) is 0. The average molecular weight is 373 g/mol. The SMILES string of the molecule is CCC1(CC)Cc2c(C)cc(C)cc2-c2c3sc4ccccc4c3cc[n+]21. The van der Waals surface area contributed by atoms with E-state index in [2.05, 4.69) is 80.9 Å². The van der Waals surface area contributed by atoms with Crippen molar-refractivity contribution in [1.82, 2.24) is 0 Å². The van der Waals surface area contributed by atoms with Gasteiger partial charge in [0.2, 0.25) is 5.69 Å². The molecular formula is C25H26NS+. The summed E-state index contributed by atoms with van der Waals surface area (Å²) in [5.74, 6) is 0. The molecule has 136 valence electrons. The molecule has 0 aliphatic carbocycles. The van der Waals surface area contributed by atoms with Crippen LogP contribution in [0.2, 0.25) is 0 Å². The number of rotatable bonds is 2.